The molecule has 6 heteroatoms. The molecule has 102 valence electrons. The monoisotopic (exact) mass is 279 g/mol. The van der Waals surface area contributed by atoms with Crippen molar-refractivity contribution in [2.75, 3.05) is 13.7 Å². The van der Waals surface area contributed by atoms with Gasteiger partial charge in [-0.1, -0.05) is 6.92 Å². The molecule has 0 aliphatic rings. The highest BCUT2D eigenvalue weighted by molar-refractivity contribution is 7.71. The average Bonchev–Trinajstić information content (AvgIpc) is 2.72. The fourth-order valence-corrected chi connectivity index (χ4v) is 2.16. The van der Waals surface area contributed by atoms with E-state index < -0.39 is 0 Å². The minimum atomic E-state index is -0.0327. The van der Waals surface area contributed by atoms with Crippen molar-refractivity contribution in [1.29, 1.82) is 0 Å². The van der Waals surface area contributed by atoms with Gasteiger partial charge in [0.1, 0.15) is 12.3 Å². The van der Waals surface area contributed by atoms with E-state index in [0.29, 0.717) is 11.3 Å². The van der Waals surface area contributed by atoms with Gasteiger partial charge >= 0.3 is 0 Å². The summed E-state index contributed by atoms with van der Waals surface area (Å²) in [6.07, 6.45) is 0.919. The molecule has 2 rings (SSSR count). The number of ether oxygens (including phenoxy) is 1. The summed E-state index contributed by atoms with van der Waals surface area (Å²) < 4.78 is 7.49. The molecule has 0 radical (unpaired) electrons. The number of aromatic nitrogens is 2. The highest BCUT2D eigenvalue weighted by Gasteiger charge is 2.09. The maximum absolute atomic E-state index is 11.8. The molecule has 1 amide bonds. The number of methoxy groups -OCH3 is 1. The van der Waals surface area contributed by atoms with Gasteiger partial charge in [-0.05, 0) is 30.8 Å². The van der Waals surface area contributed by atoms with E-state index in [1.54, 1.807) is 11.7 Å². The van der Waals surface area contributed by atoms with E-state index in [0.717, 1.165) is 23.2 Å². The van der Waals surface area contributed by atoms with Gasteiger partial charge in [0.25, 0.3) is 0 Å². The van der Waals surface area contributed by atoms with Gasteiger partial charge in [0, 0.05) is 12.6 Å². The number of fused-ring (bicyclic) bond motifs is 1. The van der Waals surface area contributed by atoms with Gasteiger partial charge in [-0.25, -0.2) is 0 Å². The Morgan fingerprint density at radius 2 is 2.32 bits per heavy atom. The number of nitrogens with one attached hydrogen (secondary N) is 2. The van der Waals surface area contributed by atoms with E-state index in [2.05, 4.69) is 10.3 Å². The van der Waals surface area contributed by atoms with Crippen molar-refractivity contribution >= 4 is 29.2 Å². The second-order valence-corrected chi connectivity index (χ2v) is 4.64. The van der Waals surface area contributed by atoms with Gasteiger partial charge in [-0.3, -0.25) is 4.79 Å². The molecule has 1 aromatic carbocycles. The fourth-order valence-electron chi connectivity index (χ4n) is 1.89. The van der Waals surface area contributed by atoms with Crippen LogP contribution in [0.3, 0.4) is 0 Å². The number of rotatable bonds is 5. The van der Waals surface area contributed by atoms with E-state index >= 15 is 0 Å². The van der Waals surface area contributed by atoms with Crippen LogP contribution in [0.1, 0.15) is 13.3 Å². The van der Waals surface area contributed by atoms with Crippen LogP contribution in [-0.2, 0) is 11.3 Å². The maximum Gasteiger partial charge on any atom is 0.240 e. The summed E-state index contributed by atoms with van der Waals surface area (Å²) in [5, 5.41) is 2.84. The summed E-state index contributed by atoms with van der Waals surface area (Å²) >= 11 is 5.25. The van der Waals surface area contributed by atoms with Crippen molar-refractivity contribution in [2.24, 2.45) is 0 Å². The molecule has 0 aliphatic carbocycles. The first-order valence-corrected chi connectivity index (χ1v) is 6.59. The van der Waals surface area contributed by atoms with E-state index in [1.807, 2.05) is 25.1 Å². The highest BCUT2D eigenvalue weighted by Crippen LogP contribution is 2.20. The number of hydrogen-bond donors (Lipinski definition) is 2. The summed E-state index contributed by atoms with van der Waals surface area (Å²) in [4.78, 5) is 14.9. The van der Waals surface area contributed by atoms with Gasteiger partial charge in [0.15, 0.2) is 4.77 Å². The topological polar surface area (TPSA) is 59.0 Å². The third-order valence-corrected chi connectivity index (χ3v) is 3.18. The summed E-state index contributed by atoms with van der Waals surface area (Å²) in [5.41, 5.74) is 1.77. The zero-order chi connectivity index (χ0) is 13.8. The standard InChI is InChI=1S/C13H17N3O2S/c1-3-6-14-12(17)8-16-11-5-4-9(18-2)7-10(11)15-13(16)19/h4-5,7H,3,6,8H2,1-2H3,(H,14,17)(H,15,19). The van der Waals surface area contributed by atoms with Gasteiger partial charge in [0.05, 0.1) is 18.1 Å². The number of nitrogens with zero attached hydrogens (tertiary/aromatic N) is 1. The first-order valence-electron chi connectivity index (χ1n) is 6.19. The lowest BCUT2D eigenvalue weighted by Crippen LogP contribution is -2.28. The average molecular weight is 279 g/mol. The lowest BCUT2D eigenvalue weighted by atomic mass is 10.3. The van der Waals surface area contributed by atoms with Crippen LogP contribution in [0.25, 0.3) is 11.0 Å². The van der Waals surface area contributed by atoms with Gasteiger partial charge in [-0.15, -0.1) is 0 Å². The number of amides is 1. The van der Waals surface area contributed by atoms with Gasteiger partial charge < -0.3 is 19.6 Å². The predicted octanol–water partition coefficient (Wildman–Crippen LogP) is 2.23. The van der Waals surface area contributed by atoms with Crippen LogP contribution >= 0.6 is 12.2 Å². The molecule has 0 saturated carbocycles. The molecule has 1 heterocycles. The van der Waals surface area contributed by atoms with Crippen molar-refractivity contribution in [1.82, 2.24) is 14.9 Å². The SMILES string of the molecule is CCCNC(=O)Cn1c(=S)[nH]c2cc(OC)ccc21. The van der Waals surface area contributed by atoms with E-state index in [1.165, 1.54) is 0 Å². The molecule has 19 heavy (non-hydrogen) atoms. The molecular formula is C13H17N3O2S. The lowest BCUT2D eigenvalue weighted by Gasteiger charge is -2.06. The number of hydrogen-bond acceptors (Lipinski definition) is 3. The summed E-state index contributed by atoms with van der Waals surface area (Å²) in [6.45, 7) is 2.93. The van der Waals surface area contributed by atoms with Crippen molar-refractivity contribution in [2.45, 2.75) is 19.9 Å². The number of carbonyl (C=O) groups is 1. The smallest absolute Gasteiger partial charge is 0.240 e. The molecular weight excluding hydrogens is 262 g/mol. The number of carbonyl (C=O) groups excluding carboxylic acids is 1. The number of imidazole rings is 1. The first kappa shape index (κ1) is 13.6. The molecule has 0 spiro atoms. The molecule has 0 bridgehead atoms. The summed E-state index contributed by atoms with van der Waals surface area (Å²) in [7, 11) is 1.62. The molecule has 5 nitrogen and oxygen atoms in total. The second kappa shape index (κ2) is 5.88. The second-order valence-electron chi connectivity index (χ2n) is 4.25. The van der Waals surface area contributed by atoms with E-state index in [4.69, 9.17) is 17.0 Å². The van der Waals surface area contributed by atoms with Crippen LogP contribution < -0.4 is 10.1 Å². The highest BCUT2D eigenvalue weighted by atomic mass is 32.1. The maximum atomic E-state index is 11.8. The summed E-state index contributed by atoms with van der Waals surface area (Å²) in [5.74, 6) is 0.723. The third-order valence-electron chi connectivity index (χ3n) is 2.86. The van der Waals surface area contributed by atoms with Gasteiger partial charge in [-0.2, -0.15) is 0 Å². The van der Waals surface area contributed by atoms with Crippen LogP contribution in [0, 0.1) is 4.77 Å². The van der Waals surface area contributed by atoms with Crippen LogP contribution in [-0.4, -0.2) is 29.1 Å². The Morgan fingerprint density at radius 3 is 3.00 bits per heavy atom. The predicted molar refractivity (Wildman–Crippen MR) is 77.0 cm³/mol. The van der Waals surface area contributed by atoms with Crippen molar-refractivity contribution in [3.8, 4) is 5.75 Å². The Morgan fingerprint density at radius 1 is 1.53 bits per heavy atom. The van der Waals surface area contributed by atoms with Crippen LogP contribution in [0.5, 0.6) is 5.75 Å². The van der Waals surface area contributed by atoms with Gasteiger partial charge in [0.2, 0.25) is 5.91 Å². The van der Waals surface area contributed by atoms with Crippen molar-refractivity contribution < 1.29 is 9.53 Å². The quantitative estimate of drug-likeness (QED) is 0.825. The summed E-state index contributed by atoms with van der Waals surface area (Å²) in [6, 6.07) is 5.62. The largest absolute Gasteiger partial charge is 0.497 e. The van der Waals surface area contributed by atoms with Crippen LogP contribution in [0.4, 0.5) is 0 Å². The number of benzene rings is 1. The Bertz CT molecular complexity index is 645. The molecule has 2 N–H and O–H groups in total. The molecule has 2 aromatic rings. The zero-order valence-corrected chi connectivity index (χ0v) is 11.8. The molecule has 0 unspecified atom stereocenters. The lowest BCUT2D eigenvalue weighted by molar-refractivity contribution is -0.121. The Balaban J connectivity index is 2.30. The van der Waals surface area contributed by atoms with Crippen molar-refractivity contribution in [3.63, 3.8) is 0 Å². The molecule has 0 atom stereocenters. The fraction of sp³-hybridized carbons (Fsp3) is 0.385. The number of H-pyrrole nitrogens is 1. The molecule has 0 saturated heterocycles. The Hall–Kier alpha value is -1.82. The normalized spacial score (nSPS) is 10.6. The Kier molecular flexibility index (Phi) is 4.21. The number of aromatic amines is 1. The van der Waals surface area contributed by atoms with Crippen molar-refractivity contribution in [3.05, 3.63) is 23.0 Å². The Labute approximate surface area is 116 Å². The first-order chi connectivity index (χ1) is 9.15. The van der Waals surface area contributed by atoms with Crippen LogP contribution in [0.15, 0.2) is 18.2 Å². The molecule has 0 aliphatic heterocycles. The van der Waals surface area contributed by atoms with Crippen LogP contribution in [0.2, 0.25) is 0 Å². The molecule has 0 fully saturated rings. The third kappa shape index (κ3) is 2.96. The minimum Gasteiger partial charge on any atom is -0.497 e. The van der Waals surface area contributed by atoms with E-state index in [9.17, 15) is 4.79 Å². The minimum absolute atomic E-state index is 0.0327. The zero-order valence-electron chi connectivity index (χ0n) is 11.0. The van der Waals surface area contributed by atoms with E-state index in [-0.39, 0.29) is 12.5 Å². The molecule has 1 aromatic heterocycles.